The second-order valence-corrected chi connectivity index (χ2v) is 4.20. The fraction of sp³-hybridized carbons (Fsp3) is 0.500. The third-order valence-corrected chi connectivity index (χ3v) is 2.71. The van der Waals surface area contributed by atoms with Crippen LogP contribution in [-0.4, -0.2) is 0 Å². The summed E-state index contributed by atoms with van der Waals surface area (Å²) in [6.45, 7) is 20.2. The van der Waals surface area contributed by atoms with E-state index >= 15 is 0 Å². The maximum absolute atomic E-state index is 2.22. The van der Waals surface area contributed by atoms with Crippen LogP contribution in [0.1, 0.15) is 86.8 Å². The summed E-state index contributed by atoms with van der Waals surface area (Å²) in [6.07, 6.45) is 2.35. The number of hydrogen-bond donors (Lipinski definition) is 0. The first-order chi connectivity index (χ1) is 11.9. The van der Waals surface area contributed by atoms with Crippen LogP contribution in [0.25, 0.3) is 11.1 Å². The molecule has 0 saturated heterocycles. The second kappa shape index (κ2) is 21.4. The molecule has 2 aromatic carbocycles. The van der Waals surface area contributed by atoms with Crippen LogP contribution in [0.5, 0.6) is 0 Å². The monoisotopic (exact) mass is 330 g/mol. The zero-order valence-corrected chi connectivity index (χ0v) is 18.0. The molecule has 2 aromatic rings. The van der Waals surface area contributed by atoms with Gasteiger partial charge in [-0.1, -0.05) is 124 Å². The molecule has 0 fully saturated rings. The van der Waals surface area contributed by atoms with Gasteiger partial charge >= 0.3 is 0 Å². The summed E-state index contributed by atoms with van der Waals surface area (Å²) in [5, 5.41) is 0. The Balaban J connectivity index is -0.000000345. The average molecular weight is 331 g/mol. The minimum atomic E-state index is 1.10. The SMILES string of the molecule is CC.CC.CC.CC.CCC.c1ccc2c(c1)Cc1ccccc1-2. The minimum absolute atomic E-state index is 1.10. The van der Waals surface area contributed by atoms with Crippen LogP contribution < -0.4 is 0 Å². The van der Waals surface area contributed by atoms with E-state index in [1.165, 1.54) is 28.7 Å². The lowest BCUT2D eigenvalue weighted by atomic mass is 10.1. The largest absolute Gasteiger partial charge is 0.0683 e. The highest BCUT2D eigenvalue weighted by molar-refractivity contribution is 5.76. The molecule has 0 aromatic heterocycles. The first kappa shape index (κ1) is 27.3. The lowest BCUT2D eigenvalue weighted by Gasteiger charge is -1.98. The van der Waals surface area contributed by atoms with E-state index in [1.54, 1.807) is 0 Å². The van der Waals surface area contributed by atoms with Gasteiger partial charge in [0.2, 0.25) is 0 Å². The zero-order chi connectivity index (χ0) is 19.4. The van der Waals surface area contributed by atoms with Crippen molar-refractivity contribution < 1.29 is 0 Å². The van der Waals surface area contributed by atoms with E-state index in [0.717, 1.165) is 6.42 Å². The summed E-state index contributed by atoms with van der Waals surface area (Å²) in [4.78, 5) is 0. The standard InChI is InChI=1S/C13H10.C3H8.4C2H6/c1-3-7-12-10(5-1)9-11-6-2-4-8-13(11)12;1-3-2;4*1-2/h1-8H,9H2;3H2,1-2H3;4*1-2H3. The zero-order valence-electron chi connectivity index (χ0n) is 18.0. The van der Waals surface area contributed by atoms with Gasteiger partial charge in [0.1, 0.15) is 0 Å². The van der Waals surface area contributed by atoms with Crippen molar-refractivity contribution in [2.24, 2.45) is 0 Å². The van der Waals surface area contributed by atoms with Gasteiger partial charge in [0, 0.05) is 0 Å². The molecule has 1 aliphatic carbocycles. The summed E-state index contributed by atoms with van der Waals surface area (Å²) >= 11 is 0. The summed E-state index contributed by atoms with van der Waals surface area (Å²) in [6, 6.07) is 17.3. The molecule has 138 valence electrons. The quantitative estimate of drug-likeness (QED) is 0.386. The highest BCUT2D eigenvalue weighted by Gasteiger charge is 2.15. The predicted molar refractivity (Wildman–Crippen MR) is 116 cm³/mol. The van der Waals surface area contributed by atoms with Crippen molar-refractivity contribution in [3.05, 3.63) is 59.7 Å². The number of benzene rings is 2. The molecule has 0 nitrogen and oxygen atoms in total. The lowest BCUT2D eigenvalue weighted by molar-refractivity contribution is 1.09. The van der Waals surface area contributed by atoms with E-state index in [4.69, 9.17) is 0 Å². The van der Waals surface area contributed by atoms with Gasteiger partial charge in [-0.15, -0.1) is 0 Å². The summed E-state index contributed by atoms with van der Waals surface area (Å²) in [7, 11) is 0. The Morgan fingerprint density at radius 2 is 0.792 bits per heavy atom. The van der Waals surface area contributed by atoms with Crippen molar-refractivity contribution in [2.45, 2.75) is 82.1 Å². The molecule has 3 rings (SSSR count). The molecule has 0 unspecified atom stereocenters. The fourth-order valence-corrected chi connectivity index (χ4v) is 2.08. The van der Waals surface area contributed by atoms with Gasteiger partial charge in [-0.2, -0.15) is 0 Å². The van der Waals surface area contributed by atoms with Crippen LogP contribution in [0.2, 0.25) is 0 Å². The maximum atomic E-state index is 2.22. The van der Waals surface area contributed by atoms with E-state index in [2.05, 4.69) is 62.4 Å². The van der Waals surface area contributed by atoms with Crippen LogP contribution in [0.15, 0.2) is 48.5 Å². The second-order valence-electron chi connectivity index (χ2n) is 4.20. The van der Waals surface area contributed by atoms with Crippen LogP contribution in [0.4, 0.5) is 0 Å². The molecule has 0 spiro atoms. The van der Waals surface area contributed by atoms with E-state index in [-0.39, 0.29) is 0 Å². The third-order valence-electron chi connectivity index (χ3n) is 2.71. The van der Waals surface area contributed by atoms with Crippen LogP contribution in [-0.2, 0) is 6.42 Å². The normalized spacial score (nSPS) is 8.42. The number of fused-ring (bicyclic) bond motifs is 3. The molecular formula is C24H42. The molecule has 0 heteroatoms. The smallest absolute Gasteiger partial charge is 0.00135 e. The van der Waals surface area contributed by atoms with Crippen molar-refractivity contribution in [1.29, 1.82) is 0 Å². The van der Waals surface area contributed by atoms with Gasteiger partial charge in [-0.25, -0.2) is 0 Å². The highest BCUT2D eigenvalue weighted by Crippen LogP contribution is 2.35. The Morgan fingerprint density at radius 3 is 1.08 bits per heavy atom. The average Bonchev–Trinajstić information content (AvgIpc) is 3.08. The molecule has 0 amide bonds. The van der Waals surface area contributed by atoms with Crippen molar-refractivity contribution >= 4 is 0 Å². The first-order valence-electron chi connectivity index (χ1n) is 10.0. The molecule has 1 aliphatic rings. The first-order valence-corrected chi connectivity index (χ1v) is 10.0. The Kier molecular flexibility index (Phi) is 24.4. The molecular weight excluding hydrogens is 288 g/mol. The van der Waals surface area contributed by atoms with Crippen LogP contribution in [0.3, 0.4) is 0 Å². The van der Waals surface area contributed by atoms with Gasteiger partial charge in [0.25, 0.3) is 0 Å². The van der Waals surface area contributed by atoms with Crippen molar-refractivity contribution in [2.75, 3.05) is 0 Å². The molecule has 24 heavy (non-hydrogen) atoms. The van der Waals surface area contributed by atoms with Gasteiger partial charge in [-0.3, -0.25) is 0 Å². The highest BCUT2D eigenvalue weighted by atomic mass is 14.2. The summed E-state index contributed by atoms with van der Waals surface area (Å²) in [5.41, 5.74) is 5.75. The fourth-order valence-electron chi connectivity index (χ4n) is 2.08. The van der Waals surface area contributed by atoms with Gasteiger partial charge < -0.3 is 0 Å². The van der Waals surface area contributed by atoms with Gasteiger partial charge in [-0.05, 0) is 28.7 Å². The van der Waals surface area contributed by atoms with Gasteiger partial charge in [0.05, 0.1) is 0 Å². The predicted octanol–water partition coefficient (Wildman–Crippen LogP) is 8.78. The minimum Gasteiger partial charge on any atom is -0.0683 e. The molecule has 0 heterocycles. The molecule has 0 atom stereocenters. The van der Waals surface area contributed by atoms with Crippen LogP contribution in [0, 0.1) is 0 Å². The maximum Gasteiger partial charge on any atom is -0.00135 e. The molecule has 0 N–H and O–H groups in total. The molecule has 0 radical (unpaired) electrons. The van der Waals surface area contributed by atoms with E-state index in [1.807, 2.05) is 55.4 Å². The van der Waals surface area contributed by atoms with E-state index < -0.39 is 0 Å². The lowest BCUT2D eigenvalue weighted by Crippen LogP contribution is -1.77. The van der Waals surface area contributed by atoms with E-state index in [0.29, 0.717) is 0 Å². The Bertz CT molecular complexity index is 425. The van der Waals surface area contributed by atoms with Gasteiger partial charge in [0.15, 0.2) is 0 Å². The Morgan fingerprint density at radius 1 is 0.542 bits per heavy atom. The summed E-state index contributed by atoms with van der Waals surface area (Å²) < 4.78 is 0. The Labute approximate surface area is 153 Å². The number of hydrogen-bond acceptors (Lipinski definition) is 0. The van der Waals surface area contributed by atoms with Crippen molar-refractivity contribution in [3.8, 4) is 11.1 Å². The van der Waals surface area contributed by atoms with E-state index in [9.17, 15) is 0 Å². The molecule has 0 bridgehead atoms. The molecule has 0 saturated carbocycles. The summed E-state index contributed by atoms with van der Waals surface area (Å²) in [5.74, 6) is 0. The topological polar surface area (TPSA) is 0 Å². The Hall–Kier alpha value is -1.56. The molecule has 0 aliphatic heterocycles. The van der Waals surface area contributed by atoms with Crippen molar-refractivity contribution in [3.63, 3.8) is 0 Å². The third kappa shape index (κ3) is 9.55. The number of rotatable bonds is 0. The van der Waals surface area contributed by atoms with Crippen LogP contribution >= 0.6 is 0 Å². The van der Waals surface area contributed by atoms with Crippen molar-refractivity contribution in [1.82, 2.24) is 0 Å².